The molecule has 0 amide bonds. The molecule has 0 aromatic heterocycles. The van der Waals surface area contributed by atoms with Crippen molar-refractivity contribution in [2.75, 3.05) is 0 Å². The van der Waals surface area contributed by atoms with Gasteiger partial charge in [-0.15, -0.1) is 0 Å². The number of hydrogen-bond acceptors (Lipinski definition) is 2. The zero-order chi connectivity index (χ0) is 13.1. The van der Waals surface area contributed by atoms with Gasteiger partial charge in [0.05, 0.1) is 0 Å². The summed E-state index contributed by atoms with van der Waals surface area (Å²) in [6.07, 6.45) is 0. The lowest BCUT2D eigenvalue weighted by Crippen LogP contribution is -2.05. The zero-order valence-electron chi connectivity index (χ0n) is 10.5. The van der Waals surface area contributed by atoms with Gasteiger partial charge in [0.1, 0.15) is 5.82 Å². The number of nitrogens with two attached hydrogens (primary N) is 1. The average molecular weight is 261 g/mol. The van der Waals surface area contributed by atoms with Gasteiger partial charge < -0.3 is 5.73 Å². The lowest BCUT2D eigenvalue weighted by molar-refractivity contribution is 0.596. The van der Waals surface area contributed by atoms with Crippen molar-refractivity contribution in [3.63, 3.8) is 0 Å². The molecule has 3 heteroatoms. The quantitative estimate of drug-likeness (QED) is 0.891. The maximum absolute atomic E-state index is 14.0. The number of rotatable bonds is 3. The summed E-state index contributed by atoms with van der Waals surface area (Å²) in [7, 11) is 0. The van der Waals surface area contributed by atoms with Crippen LogP contribution in [0.2, 0.25) is 0 Å². The minimum Gasteiger partial charge on any atom is -0.324 e. The largest absolute Gasteiger partial charge is 0.324 e. The Kier molecular flexibility index (Phi) is 4.04. The molecule has 0 saturated carbocycles. The van der Waals surface area contributed by atoms with Crippen LogP contribution in [0.25, 0.3) is 0 Å². The molecule has 0 radical (unpaired) electrons. The molecule has 0 saturated heterocycles. The van der Waals surface area contributed by atoms with E-state index >= 15 is 0 Å². The molecule has 0 bridgehead atoms. The molecule has 0 aliphatic rings. The molecule has 2 rings (SSSR count). The highest BCUT2D eigenvalue weighted by Gasteiger charge is 2.08. The molecule has 0 aliphatic heterocycles. The summed E-state index contributed by atoms with van der Waals surface area (Å²) in [6, 6.07) is 13.0. The minimum atomic E-state index is -0.210. The third-order valence-corrected chi connectivity index (χ3v) is 4.02. The second-order valence-electron chi connectivity index (χ2n) is 4.35. The van der Waals surface area contributed by atoms with Gasteiger partial charge >= 0.3 is 0 Å². The highest BCUT2D eigenvalue weighted by Crippen LogP contribution is 2.32. The van der Waals surface area contributed by atoms with Crippen LogP contribution in [0.1, 0.15) is 24.1 Å². The summed E-state index contributed by atoms with van der Waals surface area (Å²) in [5, 5.41) is 0. The Bertz CT molecular complexity index is 552. The molecule has 0 fully saturated rings. The van der Waals surface area contributed by atoms with E-state index in [0.29, 0.717) is 4.90 Å². The summed E-state index contributed by atoms with van der Waals surface area (Å²) >= 11 is 1.45. The summed E-state index contributed by atoms with van der Waals surface area (Å²) in [5.41, 5.74) is 7.71. The lowest BCUT2D eigenvalue weighted by atomic mass is 10.1. The fourth-order valence-electron chi connectivity index (χ4n) is 1.67. The summed E-state index contributed by atoms with van der Waals surface area (Å²) < 4.78 is 14.0. The van der Waals surface area contributed by atoms with Crippen LogP contribution < -0.4 is 5.73 Å². The van der Waals surface area contributed by atoms with Crippen LogP contribution in [0.5, 0.6) is 0 Å². The van der Waals surface area contributed by atoms with E-state index in [1.165, 1.54) is 17.8 Å². The van der Waals surface area contributed by atoms with Crippen LogP contribution in [-0.2, 0) is 0 Å². The van der Waals surface area contributed by atoms with Gasteiger partial charge in [0.15, 0.2) is 0 Å². The number of aryl methyl sites for hydroxylation is 1. The first kappa shape index (κ1) is 13.1. The Labute approximate surface area is 111 Å². The van der Waals surface area contributed by atoms with Crippen molar-refractivity contribution in [1.82, 2.24) is 0 Å². The second-order valence-corrected chi connectivity index (χ2v) is 5.43. The average Bonchev–Trinajstić information content (AvgIpc) is 2.34. The molecule has 94 valence electrons. The monoisotopic (exact) mass is 261 g/mol. The van der Waals surface area contributed by atoms with Crippen molar-refractivity contribution in [2.24, 2.45) is 5.73 Å². The first-order valence-electron chi connectivity index (χ1n) is 5.86. The van der Waals surface area contributed by atoms with Crippen molar-refractivity contribution < 1.29 is 4.39 Å². The summed E-state index contributed by atoms with van der Waals surface area (Å²) in [5.74, 6) is -0.210. The van der Waals surface area contributed by atoms with Crippen molar-refractivity contribution in [2.45, 2.75) is 29.7 Å². The van der Waals surface area contributed by atoms with Gasteiger partial charge in [-0.3, -0.25) is 0 Å². The van der Waals surface area contributed by atoms with E-state index in [1.54, 1.807) is 6.07 Å². The molecule has 1 atom stereocenters. The third kappa shape index (κ3) is 2.92. The van der Waals surface area contributed by atoms with Crippen LogP contribution in [0.4, 0.5) is 4.39 Å². The molecule has 18 heavy (non-hydrogen) atoms. The smallest absolute Gasteiger partial charge is 0.137 e. The maximum atomic E-state index is 14.0. The fraction of sp³-hybridized carbons (Fsp3) is 0.200. The van der Waals surface area contributed by atoms with Crippen molar-refractivity contribution in [1.29, 1.82) is 0 Å². The standard InChI is InChI=1S/C15H16FNS/c1-10-5-3-4-6-14(10)18-15-8-7-12(11(2)17)9-13(15)16/h3-9,11H,17H2,1-2H3. The summed E-state index contributed by atoms with van der Waals surface area (Å²) in [6.45, 7) is 3.87. The topological polar surface area (TPSA) is 26.0 Å². The maximum Gasteiger partial charge on any atom is 0.137 e. The molecule has 0 heterocycles. The number of hydrogen-bond donors (Lipinski definition) is 1. The van der Waals surface area contributed by atoms with E-state index in [9.17, 15) is 4.39 Å². The van der Waals surface area contributed by atoms with Gasteiger partial charge in [-0.05, 0) is 43.2 Å². The van der Waals surface area contributed by atoms with Gasteiger partial charge in [-0.1, -0.05) is 36.0 Å². The fourth-order valence-corrected chi connectivity index (χ4v) is 2.58. The van der Waals surface area contributed by atoms with Crippen LogP contribution in [0.15, 0.2) is 52.3 Å². The number of halogens is 1. The molecule has 2 aromatic rings. The van der Waals surface area contributed by atoms with E-state index in [1.807, 2.05) is 44.2 Å². The van der Waals surface area contributed by atoms with E-state index in [0.717, 1.165) is 16.0 Å². The van der Waals surface area contributed by atoms with E-state index < -0.39 is 0 Å². The third-order valence-electron chi connectivity index (χ3n) is 2.80. The second kappa shape index (κ2) is 5.55. The summed E-state index contributed by atoms with van der Waals surface area (Å²) in [4.78, 5) is 1.71. The van der Waals surface area contributed by atoms with Crippen molar-refractivity contribution in [3.8, 4) is 0 Å². The Morgan fingerprint density at radius 1 is 1.11 bits per heavy atom. The Hall–Kier alpha value is -1.32. The minimum absolute atomic E-state index is 0.142. The SMILES string of the molecule is Cc1ccccc1Sc1ccc(C(C)N)cc1F. The van der Waals surface area contributed by atoms with Crippen LogP contribution in [0, 0.1) is 12.7 Å². The van der Waals surface area contributed by atoms with Crippen molar-refractivity contribution >= 4 is 11.8 Å². The number of benzene rings is 2. The van der Waals surface area contributed by atoms with E-state index in [4.69, 9.17) is 5.73 Å². The Morgan fingerprint density at radius 3 is 2.44 bits per heavy atom. The molecule has 2 aromatic carbocycles. The molecular weight excluding hydrogens is 245 g/mol. The van der Waals surface area contributed by atoms with Crippen LogP contribution in [-0.4, -0.2) is 0 Å². The van der Waals surface area contributed by atoms with E-state index in [2.05, 4.69) is 0 Å². The Morgan fingerprint density at radius 2 is 1.83 bits per heavy atom. The van der Waals surface area contributed by atoms with Gasteiger partial charge in [0.25, 0.3) is 0 Å². The predicted octanol–water partition coefficient (Wildman–Crippen LogP) is 4.31. The van der Waals surface area contributed by atoms with Gasteiger partial charge in [-0.25, -0.2) is 4.39 Å². The normalized spacial score (nSPS) is 12.4. The zero-order valence-corrected chi connectivity index (χ0v) is 11.3. The highest BCUT2D eigenvalue weighted by atomic mass is 32.2. The van der Waals surface area contributed by atoms with Gasteiger partial charge in [0, 0.05) is 15.8 Å². The van der Waals surface area contributed by atoms with Crippen LogP contribution >= 0.6 is 11.8 Å². The first-order valence-corrected chi connectivity index (χ1v) is 6.68. The molecule has 2 N–H and O–H groups in total. The molecular formula is C15H16FNS. The van der Waals surface area contributed by atoms with Gasteiger partial charge in [0.2, 0.25) is 0 Å². The van der Waals surface area contributed by atoms with Crippen LogP contribution in [0.3, 0.4) is 0 Å². The first-order chi connectivity index (χ1) is 8.58. The Balaban J connectivity index is 2.28. The lowest BCUT2D eigenvalue weighted by Gasteiger charge is -2.09. The van der Waals surface area contributed by atoms with Gasteiger partial charge in [-0.2, -0.15) is 0 Å². The molecule has 0 spiro atoms. The van der Waals surface area contributed by atoms with Crippen molar-refractivity contribution in [3.05, 3.63) is 59.4 Å². The highest BCUT2D eigenvalue weighted by molar-refractivity contribution is 7.99. The molecule has 1 nitrogen and oxygen atoms in total. The molecule has 1 unspecified atom stereocenters. The molecule has 0 aliphatic carbocycles. The van der Waals surface area contributed by atoms with E-state index in [-0.39, 0.29) is 11.9 Å². The predicted molar refractivity (Wildman–Crippen MR) is 74.3 cm³/mol.